The number of hydrogen-bond acceptors (Lipinski definition) is 7. The lowest BCUT2D eigenvalue weighted by molar-refractivity contribution is 0.0850. The second-order valence-corrected chi connectivity index (χ2v) is 10.1. The molecule has 1 fully saturated rings. The number of carbonyl (C=O) groups excluding carboxylic acids is 1. The Bertz CT molecular complexity index is 1360. The molecule has 1 aliphatic heterocycles. The number of alkyl halides is 1. The Morgan fingerprint density at radius 2 is 1.94 bits per heavy atom. The number of hydrogen-bond donors (Lipinski definition) is 1. The molecule has 4 aromatic heterocycles. The standard InChI is InChI=1S/C23H29FN10O/c1-22(2,3)34-14-18(29-30-34)21(35)25-15-23(24)6-9-32(10-7-23)20-19-5-8-26-33(19)13-17(28-20)16-11-27-31(4)12-16/h5,8,11-14H,6-7,9-10,15H2,1-4H3,(H,25,35). The van der Waals surface area contributed by atoms with Crippen LogP contribution >= 0.6 is 0 Å². The number of aromatic nitrogens is 8. The number of nitrogens with zero attached hydrogens (tertiary/aromatic N) is 9. The van der Waals surface area contributed by atoms with Crippen LogP contribution < -0.4 is 10.2 Å². The lowest BCUT2D eigenvalue weighted by Gasteiger charge is -2.37. The first-order valence-electron chi connectivity index (χ1n) is 11.6. The van der Waals surface area contributed by atoms with Gasteiger partial charge in [-0.3, -0.25) is 9.48 Å². The molecule has 0 aromatic carbocycles. The van der Waals surface area contributed by atoms with Crippen LogP contribution in [0.4, 0.5) is 10.2 Å². The Morgan fingerprint density at radius 1 is 1.17 bits per heavy atom. The van der Waals surface area contributed by atoms with Gasteiger partial charge in [0.1, 0.15) is 11.2 Å². The predicted octanol–water partition coefficient (Wildman–Crippen LogP) is 2.21. The molecule has 1 amide bonds. The summed E-state index contributed by atoms with van der Waals surface area (Å²) in [5, 5.41) is 19.2. The molecule has 35 heavy (non-hydrogen) atoms. The highest BCUT2D eigenvalue weighted by Crippen LogP contribution is 2.31. The minimum absolute atomic E-state index is 0.0761. The average molecular weight is 481 g/mol. The van der Waals surface area contributed by atoms with E-state index >= 15 is 4.39 Å². The van der Waals surface area contributed by atoms with E-state index in [0.29, 0.717) is 13.1 Å². The van der Waals surface area contributed by atoms with Crippen molar-refractivity contribution in [3.63, 3.8) is 0 Å². The van der Waals surface area contributed by atoms with Crippen LogP contribution in [0.5, 0.6) is 0 Å². The normalized spacial score (nSPS) is 16.1. The van der Waals surface area contributed by atoms with Crippen molar-refractivity contribution < 1.29 is 9.18 Å². The molecule has 1 saturated heterocycles. The summed E-state index contributed by atoms with van der Waals surface area (Å²) in [5.74, 6) is 0.334. The molecule has 12 heteroatoms. The van der Waals surface area contributed by atoms with E-state index in [1.807, 2.05) is 46.3 Å². The number of amides is 1. The number of nitrogens with one attached hydrogen (secondary N) is 1. The predicted molar refractivity (Wildman–Crippen MR) is 128 cm³/mol. The van der Waals surface area contributed by atoms with Crippen LogP contribution in [-0.4, -0.2) is 70.6 Å². The van der Waals surface area contributed by atoms with Crippen LogP contribution in [-0.2, 0) is 12.6 Å². The largest absolute Gasteiger partial charge is 0.355 e. The second kappa shape index (κ2) is 8.43. The summed E-state index contributed by atoms with van der Waals surface area (Å²) in [7, 11) is 1.85. The van der Waals surface area contributed by atoms with E-state index in [1.165, 1.54) is 0 Å². The maximum absolute atomic E-state index is 15.6. The van der Waals surface area contributed by atoms with E-state index < -0.39 is 11.6 Å². The molecule has 5 heterocycles. The molecule has 0 radical (unpaired) electrons. The minimum atomic E-state index is -1.51. The molecule has 184 valence electrons. The molecule has 11 nitrogen and oxygen atoms in total. The van der Waals surface area contributed by atoms with Gasteiger partial charge in [0.05, 0.1) is 42.6 Å². The lowest BCUT2D eigenvalue weighted by Crippen LogP contribution is -2.48. The van der Waals surface area contributed by atoms with Gasteiger partial charge in [0.2, 0.25) is 0 Å². The van der Waals surface area contributed by atoms with Crippen LogP contribution in [0.25, 0.3) is 16.8 Å². The van der Waals surface area contributed by atoms with E-state index in [1.54, 1.807) is 32.5 Å². The van der Waals surface area contributed by atoms with Crippen molar-refractivity contribution in [2.75, 3.05) is 24.5 Å². The smallest absolute Gasteiger partial charge is 0.273 e. The summed E-state index contributed by atoms with van der Waals surface area (Å²) in [5.41, 5.74) is 0.873. The second-order valence-electron chi connectivity index (χ2n) is 10.1. The van der Waals surface area contributed by atoms with Crippen LogP contribution in [0, 0.1) is 0 Å². The molecule has 0 atom stereocenters. The number of fused-ring (bicyclic) bond motifs is 1. The molecule has 0 spiro atoms. The molecule has 0 unspecified atom stereocenters. The number of aryl methyl sites for hydroxylation is 1. The monoisotopic (exact) mass is 480 g/mol. The molecule has 1 N–H and O–H groups in total. The SMILES string of the molecule is Cn1cc(-c2cn3nccc3c(N3CCC(F)(CNC(=O)c4cn(C(C)(C)C)nn4)CC3)n2)cn1. The first kappa shape index (κ1) is 22.9. The van der Waals surface area contributed by atoms with Gasteiger partial charge < -0.3 is 10.2 Å². The summed E-state index contributed by atoms with van der Waals surface area (Å²) in [6.07, 6.45) is 9.36. The summed E-state index contributed by atoms with van der Waals surface area (Å²) < 4.78 is 20.7. The zero-order valence-corrected chi connectivity index (χ0v) is 20.3. The summed E-state index contributed by atoms with van der Waals surface area (Å²) >= 11 is 0. The van der Waals surface area contributed by atoms with Gasteiger partial charge in [-0.15, -0.1) is 5.10 Å². The Kier molecular flexibility index (Phi) is 5.53. The van der Waals surface area contributed by atoms with Crippen LogP contribution in [0.15, 0.2) is 37.1 Å². The summed E-state index contributed by atoms with van der Waals surface area (Å²) in [6, 6.07) is 1.90. The van der Waals surface area contributed by atoms with Gasteiger partial charge >= 0.3 is 0 Å². The zero-order valence-electron chi connectivity index (χ0n) is 20.3. The van der Waals surface area contributed by atoms with Crippen LogP contribution in [0.3, 0.4) is 0 Å². The Hall–Kier alpha value is -3.83. The Morgan fingerprint density at radius 3 is 2.60 bits per heavy atom. The highest BCUT2D eigenvalue weighted by molar-refractivity contribution is 5.91. The van der Waals surface area contributed by atoms with Crippen molar-refractivity contribution in [1.82, 2.24) is 44.7 Å². The van der Waals surface area contributed by atoms with E-state index in [0.717, 1.165) is 22.6 Å². The topological polar surface area (TPSA) is 111 Å². The first-order chi connectivity index (χ1) is 16.6. The molecular weight excluding hydrogens is 451 g/mol. The van der Waals surface area contributed by atoms with Crippen molar-refractivity contribution in [3.05, 3.63) is 42.7 Å². The maximum atomic E-state index is 15.6. The number of piperidine rings is 1. The van der Waals surface area contributed by atoms with Gasteiger partial charge in [0.15, 0.2) is 11.5 Å². The number of carbonyl (C=O) groups is 1. The Labute approximate surface area is 201 Å². The average Bonchev–Trinajstić information content (AvgIpc) is 3.57. The van der Waals surface area contributed by atoms with E-state index in [2.05, 4.69) is 30.7 Å². The van der Waals surface area contributed by atoms with Crippen molar-refractivity contribution in [2.45, 2.75) is 44.8 Å². The fourth-order valence-corrected chi connectivity index (χ4v) is 4.16. The third kappa shape index (κ3) is 4.60. The van der Waals surface area contributed by atoms with Gasteiger partial charge in [-0.1, -0.05) is 5.21 Å². The number of rotatable bonds is 5. The zero-order chi connectivity index (χ0) is 24.8. The van der Waals surface area contributed by atoms with E-state index in [4.69, 9.17) is 4.98 Å². The molecule has 0 saturated carbocycles. The van der Waals surface area contributed by atoms with Crippen molar-refractivity contribution in [3.8, 4) is 11.3 Å². The fourth-order valence-electron chi connectivity index (χ4n) is 4.16. The van der Waals surface area contributed by atoms with Crippen molar-refractivity contribution >= 4 is 17.2 Å². The quantitative estimate of drug-likeness (QED) is 0.466. The molecule has 0 aliphatic carbocycles. The minimum Gasteiger partial charge on any atom is -0.355 e. The van der Waals surface area contributed by atoms with E-state index in [-0.39, 0.29) is 30.6 Å². The summed E-state index contributed by atoms with van der Waals surface area (Å²) in [6.45, 7) is 6.76. The first-order valence-corrected chi connectivity index (χ1v) is 11.6. The van der Waals surface area contributed by atoms with Gasteiger partial charge in [-0.25, -0.2) is 18.6 Å². The highest BCUT2D eigenvalue weighted by Gasteiger charge is 2.36. The molecule has 0 bridgehead atoms. The van der Waals surface area contributed by atoms with E-state index in [9.17, 15) is 4.79 Å². The molecular formula is C23H29FN10O. The fraction of sp³-hybridized carbons (Fsp3) is 0.478. The molecule has 4 aromatic rings. The van der Waals surface area contributed by atoms with Gasteiger partial charge in [-0.2, -0.15) is 10.2 Å². The highest BCUT2D eigenvalue weighted by atomic mass is 19.1. The van der Waals surface area contributed by atoms with Gasteiger partial charge in [-0.05, 0) is 26.8 Å². The third-order valence-electron chi connectivity index (χ3n) is 6.31. The van der Waals surface area contributed by atoms with Gasteiger partial charge in [0, 0.05) is 44.7 Å². The summed E-state index contributed by atoms with van der Waals surface area (Å²) in [4.78, 5) is 19.5. The molecule has 1 aliphatic rings. The molecule has 5 rings (SSSR count). The maximum Gasteiger partial charge on any atom is 0.273 e. The number of halogens is 1. The third-order valence-corrected chi connectivity index (χ3v) is 6.31. The van der Waals surface area contributed by atoms with Crippen LogP contribution in [0.1, 0.15) is 44.1 Å². The Balaban J connectivity index is 1.26. The number of anilines is 1. The van der Waals surface area contributed by atoms with Gasteiger partial charge in [0.25, 0.3) is 5.91 Å². The van der Waals surface area contributed by atoms with Crippen LogP contribution in [0.2, 0.25) is 0 Å². The van der Waals surface area contributed by atoms with Crippen molar-refractivity contribution in [2.24, 2.45) is 7.05 Å². The lowest BCUT2D eigenvalue weighted by atomic mass is 9.93. The van der Waals surface area contributed by atoms with Crippen molar-refractivity contribution in [1.29, 1.82) is 0 Å².